The van der Waals surface area contributed by atoms with Crippen LogP contribution in [0, 0.1) is 0 Å². The van der Waals surface area contributed by atoms with Crippen molar-refractivity contribution in [1.29, 1.82) is 0 Å². The Morgan fingerprint density at radius 3 is 2.83 bits per heavy atom. The Labute approximate surface area is 77.8 Å². The fraction of sp³-hybridized carbons (Fsp3) is 0.333. The van der Waals surface area contributed by atoms with Gasteiger partial charge in [-0.2, -0.15) is 0 Å². The molecule has 0 aromatic heterocycles. The van der Waals surface area contributed by atoms with Gasteiger partial charge in [0.1, 0.15) is 5.75 Å². The van der Waals surface area contributed by atoms with Gasteiger partial charge < -0.3 is 10.8 Å². The first-order valence-electron chi connectivity index (χ1n) is 3.92. The molecule has 12 heavy (non-hydrogen) atoms. The van der Waals surface area contributed by atoms with Crippen molar-refractivity contribution in [1.82, 2.24) is 0 Å². The maximum Gasteiger partial charge on any atom is 0.120 e. The lowest BCUT2D eigenvalue weighted by molar-refractivity contribution is 0.459. The minimum absolute atomic E-state index is 0.0999. The average molecular weight is 183 g/mol. The lowest BCUT2D eigenvalue weighted by Crippen LogP contribution is -2.08. The van der Waals surface area contributed by atoms with Crippen molar-refractivity contribution in [2.75, 3.05) is 0 Å². The van der Waals surface area contributed by atoms with Crippen molar-refractivity contribution in [3.05, 3.63) is 23.8 Å². The summed E-state index contributed by atoms with van der Waals surface area (Å²) < 4.78 is 0. The standard InChI is InChI=1S/C9H13NOS/c1-2-8(10)7-5-6(12)3-4-9(7)11/h3-5,8,11-12H,2,10H2,1H3/t8-/m0/s1. The number of aromatic hydroxyl groups is 1. The van der Waals surface area contributed by atoms with E-state index in [2.05, 4.69) is 12.6 Å². The molecule has 1 atom stereocenters. The number of rotatable bonds is 2. The van der Waals surface area contributed by atoms with Crippen molar-refractivity contribution < 1.29 is 5.11 Å². The van der Waals surface area contributed by atoms with Crippen LogP contribution in [0.15, 0.2) is 23.1 Å². The fourth-order valence-electron chi connectivity index (χ4n) is 1.06. The van der Waals surface area contributed by atoms with E-state index >= 15 is 0 Å². The van der Waals surface area contributed by atoms with Crippen LogP contribution in [0.25, 0.3) is 0 Å². The van der Waals surface area contributed by atoms with Gasteiger partial charge in [0.2, 0.25) is 0 Å². The number of phenols is 1. The van der Waals surface area contributed by atoms with E-state index in [1.54, 1.807) is 18.2 Å². The number of nitrogens with two attached hydrogens (primary N) is 1. The molecule has 2 nitrogen and oxygen atoms in total. The minimum Gasteiger partial charge on any atom is -0.508 e. The third-order valence-corrected chi connectivity index (χ3v) is 2.13. The molecular formula is C9H13NOS. The van der Waals surface area contributed by atoms with Crippen molar-refractivity contribution in [2.45, 2.75) is 24.3 Å². The quantitative estimate of drug-likeness (QED) is 0.615. The molecule has 1 rings (SSSR count). The zero-order chi connectivity index (χ0) is 9.14. The van der Waals surface area contributed by atoms with E-state index in [-0.39, 0.29) is 11.8 Å². The molecule has 0 saturated heterocycles. The molecule has 0 aliphatic rings. The Morgan fingerprint density at radius 1 is 1.58 bits per heavy atom. The van der Waals surface area contributed by atoms with Gasteiger partial charge in [0.25, 0.3) is 0 Å². The summed E-state index contributed by atoms with van der Waals surface area (Å²) >= 11 is 4.17. The summed E-state index contributed by atoms with van der Waals surface area (Å²) in [5.74, 6) is 0.252. The van der Waals surface area contributed by atoms with Gasteiger partial charge in [-0.25, -0.2) is 0 Å². The summed E-state index contributed by atoms with van der Waals surface area (Å²) in [5.41, 5.74) is 6.54. The fourth-order valence-corrected chi connectivity index (χ4v) is 1.27. The van der Waals surface area contributed by atoms with Crippen LogP contribution in [0.1, 0.15) is 24.9 Å². The Morgan fingerprint density at radius 2 is 2.25 bits per heavy atom. The number of phenolic OH excluding ortho intramolecular Hbond substituents is 1. The molecule has 0 radical (unpaired) electrons. The van der Waals surface area contributed by atoms with Crippen LogP contribution in [-0.2, 0) is 0 Å². The SMILES string of the molecule is CC[C@H](N)c1cc(S)ccc1O. The first kappa shape index (κ1) is 9.42. The van der Waals surface area contributed by atoms with Crippen molar-refractivity contribution in [3.8, 4) is 5.75 Å². The molecule has 0 amide bonds. The highest BCUT2D eigenvalue weighted by Gasteiger charge is 2.08. The second-order valence-electron chi connectivity index (χ2n) is 2.76. The van der Waals surface area contributed by atoms with E-state index in [9.17, 15) is 5.11 Å². The molecule has 66 valence electrons. The Kier molecular flexibility index (Phi) is 3.00. The zero-order valence-corrected chi connectivity index (χ0v) is 7.88. The normalized spacial score (nSPS) is 12.9. The van der Waals surface area contributed by atoms with E-state index in [0.717, 1.165) is 16.9 Å². The van der Waals surface area contributed by atoms with Crippen LogP contribution in [0.4, 0.5) is 0 Å². The van der Waals surface area contributed by atoms with Gasteiger partial charge in [-0.3, -0.25) is 0 Å². The molecule has 1 aromatic carbocycles. The van der Waals surface area contributed by atoms with Gasteiger partial charge in [-0.1, -0.05) is 6.92 Å². The van der Waals surface area contributed by atoms with Crippen molar-refractivity contribution >= 4 is 12.6 Å². The third kappa shape index (κ3) is 1.93. The van der Waals surface area contributed by atoms with Crippen LogP contribution >= 0.6 is 12.6 Å². The molecule has 3 heteroatoms. The maximum absolute atomic E-state index is 9.42. The molecule has 0 saturated carbocycles. The van der Waals surface area contributed by atoms with Gasteiger partial charge in [0.15, 0.2) is 0 Å². The number of hydrogen-bond acceptors (Lipinski definition) is 3. The predicted molar refractivity (Wildman–Crippen MR) is 52.6 cm³/mol. The highest BCUT2D eigenvalue weighted by molar-refractivity contribution is 7.80. The number of hydrogen-bond donors (Lipinski definition) is 3. The first-order valence-corrected chi connectivity index (χ1v) is 4.37. The Hall–Kier alpha value is -0.670. The van der Waals surface area contributed by atoms with Crippen molar-refractivity contribution in [3.63, 3.8) is 0 Å². The second-order valence-corrected chi connectivity index (χ2v) is 3.27. The number of benzene rings is 1. The highest BCUT2D eigenvalue weighted by atomic mass is 32.1. The topological polar surface area (TPSA) is 46.2 Å². The van der Waals surface area contributed by atoms with E-state index in [1.807, 2.05) is 6.92 Å². The van der Waals surface area contributed by atoms with Crippen LogP contribution in [0.2, 0.25) is 0 Å². The summed E-state index contributed by atoms with van der Waals surface area (Å²) in [6.07, 6.45) is 0.810. The Bertz CT molecular complexity index is 275. The first-order chi connectivity index (χ1) is 5.65. The van der Waals surface area contributed by atoms with Gasteiger partial charge in [-0.15, -0.1) is 12.6 Å². The second kappa shape index (κ2) is 3.83. The molecule has 0 bridgehead atoms. The van der Waals surface area contributed by atoms with Gasteiger partial charge in [-0.05, 0) is 24.6 Å². The van der Waals surface area contributed by atoms with E-state index < -0.39 is 0 Å². The third-order valence-electron chi connectivity index (χ3n) is 1.85. The molecule has 0 fully saturated rings. The van der Waals surface area contributed by atoms with E-state index in [4.69, 9.17) is 5.73 Å². The van der Waals surface area contributed by atoms with Crippen LogP contribution in [0.5, 0.6) is 5.75 Å². The lowest BCUT2D eigenvalue weighted by atomic mass is 10.0. The van der Waals surface area contributed by atoms with E-state index in [0.29, 0.717) is 0 Å². The molecule has 0 aliphatic carbocycles. The minimum atomic E-state index is -0.0999. The molecule has 3 N–H and O–H groups in total. The van der Waals surface area contributed by atoms with Gasteiger partial charge >= 0.3 is 0 Å². The summed E-state index contributed by atoms with van der Waals surface area (Å²) in [6, 6.07) is 5.06. The predicted octanol–water partition coefficient (Wildman–Crippen LogP) is 2.09. The smallest absolute Gasteiger partial charge is 0.120 e. The Balaban J connectivity index is 3.04. The molecular weight excluding hydrogens is 170 g/mol. The van der Waals surface area contributed by atoms with Gasteiger partial charge in [0, 0.05) is 16.5 Å². The summed E-state index contributed by atoms with van der Waals surface area (Å²) in [5, 5.41) is 9.42. The lowest BCUT2D eigenvalue weighted by Gasteiger charge is -2.11. The molecule has 0 unspecified atom stereocenters. The monoisotopic (exact) mass is 183 g/mol. The van der Waals surface area contributed by atoms with Crippen LogP contribution < -0.4 is 5.73 Å². The summed E-state index contributed by atoms with van der Waals surface area (Å²) in [6.45, 7) is 1.98. The van der Waals surface area contributed by atoms with Gasteiger partial charge in [0.05, 0.1) is 0 Å². The molecule has 0 spiro atoms. The largest absolute Gasteiger partial charge is 0.508 e. The molecule has 0 aliphatic heterocycles. The molecule has 1 aromatic rings. The molecule has 0 heterocycles. The summed E-state index contributed by atoms with van der Waals surface area (Å²) in [7, 11) is 0. The highest BCUT2D eigenvalue weighted by Crippen LogP contribution is 2.26. The van der Waals surface area contributed by atoms with E-state index in [1.165, 1.54) is 0 Å². The van der Waals surface area contributed by atoms with Crippen LogP contribution in [-0.4, -0.2) is 5.11 Å². The maximum atomic E-state index is 9.42. The summed E-state index contributed by atoms with van der Waals surface area (Å²) in [4.78, 5) is 0.826. The van der Waals surface area contributed by atoms with Crippen LogP contribution in [0.3, 0.4) is 0 Å². The zero-order valence-electron chi connectivity index (χ0n) is 6.99. The number of thiol groups is 1. The average Bonchev–Trinajstić information content (AvgIpc) is 2.08. The van der Waals surface area contributed by atoms with Crippen molar-refractivity contribution in [2.24, 2.45) is 5.73 Å².